The van der Waals surface area contributed by atoms with Gasteiger partial charge in [0.05, 0.1) is 0 Å². The van der Waals surface area contributed by atoms with Gasteiger partial charge in [-0.15, -0.1) is 11.3 Å². The van der Waals surface area contributed by atoms with Crippen molar-refractivity contribution in [2.45, 2.75) is 0 Å². The van der Waals surface area contributed by atoms with Gasteiger partial charge in [-0.25, -0.2) is 14.2 Å². The second-order valence-electron chi connectivity index (χ2n) is 6.00. The van der Waals surface area contributed by atoms with Crippen molar-refractivity contribution < 1.29 is 14.0 Å². The average Bonchev–Trinajstić information content (AvgIpc) is 3.11. The summed E-state index contributed by atoms with van der Waals surface area (Å²) >= 11 is 1.36. The minimum atomic E-state index is -0.304. The van der Waals surface area contributed by atoms with Gasteiger partial charge in [0.2, 0.25) is 0 Å². The molecule has 0 unspecified atom stereocenters. The van der Waals surface area contributed by atoms with Crippen LogP contribution in [0.15, 0.2) is 29.6 Å². The average molecular weight is 362 g/mol. The molecular formula is C17H19FN4O2S. The Hall–Kier alpha value is -2.48. The highest BCUT2D eigenvalue weighted by Gasteiger charge is 2.26. The number of halogens is 1. The van der Waals surface area contributed by atoms with Gasteiger partial charge in [-0.3, -0.25) is 4.79 Å². The summed E-state index contributed by atoms with van der Waals surface area (Å²) in [6, 6.07) is 6.00. The van der Waals surface area contributed by atoms with Crippen molar-refractivity contribution in [1.29, 1.82) is 0 Å². The van der Waals surface area contributed by atoms with Crippen LogP contribution in [0, 0.1) is 5.82 Å². The number of rotatable bonds is 2. The van der Waals surface area contributed by atoms with Crippen LogP contribution in [-0.4, -0.2) is 71.9 Å². The zero-order chi connectivity index (χ0) is 18.0. The van der Waals surface area contributed by atoms with Crippen LogP contribution in [0.25, 0.3) is 10.6 Å². The molecule has 0 aliphatic carbocycles. The Labute approximate surface area is 149 Å². The molecule has 3 amide bonds. The topological polar surface area (TPSA) is 56.8 Å². The van der Waals surface area contributed by atoms with Crippen LogP contribution in [0.3, 0.4) is 0 Å². The largest absolute Gasteiger partial charge is 0.334 e. The first kappa shape index (κ1) is 17.3. The Morgan fingerprint density at radius 3 is 2.28 bits per heavy atom. The lowest BCUT2D eigenvalue weighted by Crippen LogP contribution is -2.52. The number of carbonyl (C=O) groups excluding carboxylic acids is 2. The number of urea groups is 1. The molecule has 0 atom stereocenters. The summed E-state index contributed by atoms with van der Waals surface area (Å²) < 4.78 is 13.0. The summed E-state index contributed by atoms with van der Waals surface area (Å²) in [5.74, 6) is -0.441. The molecule has 0 spiro atoms. The standard InChI is InChI=1S/C17H19FN4O2S/c1-20(2)17(24)22-9-7-21(8-10-22)16(23)14-11-25-15(19-14)12-3-5-13(18)6-4-12/h3-6,11H,7-10H2,1-2H3. The summed E-state index contributed by atoms with van der Waals surface area (Å²) in [6.45, 7) is 2.00. The molecule has 1 saturated heterocycles. The Morgan fingerprint density at radius 1 is 1.08 bits per heavy atom. The summed E-state index contributed by atoms with van der Waals surface area (Å²) in [5.41, 5.74) is 1.17. The van der Waals surface area contributed by atoms with E-state index in [1.54, 1.807) is 41.4 Å². The highest BCUT2D eigenvalue weighted by atomic mass is 32.1. The molecule has 1 aromatic carbocycles. The molecule has 132 valence electrons. The van der Waals surface area contributed by atoms with Crippen molar-refractivity contribution in [2.24, 2.45) is 0 Å². The van der Waals surface area contributed by atoms with Gasteiger partial charge in [-0.1, -0.05) is 0 Å². The predicted octanol–water partition coefficient (Wildman–Crippen LogP) is 2.39. The van der Waals surface area contributed by atoms with Gasteiger partial charge in [0.1, 0.15) is 16.5 Å². The minimum absolute atomic E-state index is 0.0423. The van der Waals surface area contributed by atoms with Gasteiger partial charge in [0.15, 0.2) is 0 Å². The van der Waals surface area contributed by atoms with Gasteiger partial charge in [-0.2, -0.15) is 0 Å². The first-order valence-electron chi connectivity index (χ1n) is 7.92. The van der Waals surface area contributed by atoms with Crippen molar-refractivity contribution in [3.8, 4) is 10.6 Å². The van der Waals surface area contributed by atoms with Gasteiger partial charge in [0, 0.05) is 51.2 Å². The number of nitrogens with zero attached hydrogens (tertiary/aromatic N) is 4. The molecular weight excluding hydrogens is 343 g/mol. The van der Waals surface area contributed by atoms with E-state index in [2.05, 4.69) is 4.98 Å². The number of aromatic nitrogens is 1. The van der Waals surface area contributed by atoms with E-state index in [1.807, 2.05) is 0 Å². The van der Waals surface area contributed by atoms with E-state index in [4.69, 9.17) is 0 Å². The molecule has 1 fully saturated rings. The second kappa shape index (κ2) is 7.18. The number of hydrogen-bond acceptors (Lipinski definition) is 4. The summed E-state index contributed by atoms with van der Waals surface area (Å²) in [4.78, 5) is 33.9. The fourth-order valence-electron chi connectivity index (χ4n) is 2.64. The Morgan fingerprint density at radius 2 is 1.68 bits per heavy atom. The van der Waals surface area contributed by atoms with Crippen LogP contribution in [0.4, 0.5) is 9.18 Å². The molecule has 1 aliphatic heterocycles. The van der Waals surface area contributed by atoms with Gasteiger partial charge >= 0.3 is 6.03 Å². The third-order valence-electron chi connectivity index (χ3n) is 4.03. The van der Waals surface area contributed by atoms with E-state index < -0.39 is 0 Å². The van der Waals surface area contributed by atoms with Gasteiger partial charge in [-0.05, 0) is 24.3 Å². The lowest BCUT2D eigenvalue weighted by molar-refractivity contribution is 0.0645. The fraction of sp³-hybridized carbons (Fsp3) is 0.353. The monoisotopic (exact) mass is 362 g/mol. The first-order valence-corrected chi connectivity index (χ1v) is 8.80. The predicted molar refractivity (Wildman–Crippen MR) is 94.1 cm³/mol. The molecule has 0 bridgehead atoms. The Balaban J connectivity index is 1.65. The van der Waals surface area contributed by atoms with Crippen molar-refractivity contribution >= 4 is 23.3 Å². The van der Waals surface area contributed by atoms with E-state index >= 15 is 0 Å². The number of benzene rings is 1. The van der Waals surface area contributed by atoms with Crippen LogP contribution in [0.1, 0.15) is 10.5 Å². The number of piperazine rings is 1. The summed E-state index contributed by atoms with van der Waals surface area (Å²) in [7, 11) is 3.43. The minimum Gasteiger partial charge on any atom is -0.334 e. The van der Waals surface area contributed by atoms with E-state index in [-0.39, 0.29) is 17.8 Å². The highest BCUT2D eigenvalue weighted by Crippen LogP contribution is 2.24. The lowest BCUT2D eigenvalue weighted by Gasteiger charge is -2.35. The van der Waals surface area contributed by atoms with Crippen molar-refractivity contribution in [2.75, 3.05) is 40.3 Å². The zero-order valence-electron chi connectivity index (χ0n) is 14.1. The fourth-order valence-corrected chi connectivity index (χ4v) is 3.44. The normalized spacial score (nSPS) is 14.5. The van der Waals surface area contributed by atoms with Gasteiger partial charge in [0.25, 0.3) is 5.91 Å². The molecule has 1 aromatic heterocycles. The Bertz CT molecular complexity index is 767. The molecule has 8 heteroatoms. The quantitative estimate of drug-likeness (QED) is 0.824. The van der Waals surface area contributed by atoms with Crippen LogP contribution < -0.4 is 0 Å². The van der Waals surface area contributed by atoms with Crippen molar-refractivity contribution in [3.63, 3.8) is 0 Å². The molecule has 0 radical (unpaired) electrons. The second-order valence-corrected chi connectivity index (χ2v) is 6.86. The molecule has 3 rings (SSSR count). The van der Waals surface area contributed by atoms with Crippen LogP contribution >= 0.6 is 11.3 Å². The number of thiazole rings is 1. The maximum absolute atomic E-state index is 13.0. The number of hydrogen-bond donors (Lipinski definition) is 0. The maximum Gasteiger partial charge on any atom is 0.319 e. The Kier molecular flexibility index (Phi) is 4.98. The number of carbonyl (C=O) groups is 2. The molecule has 0 N–H and O–H groups in total. The van der Waals surface area contributed by atoms with Crippen LogP contribution in [0.5, 0.6) is 0 Å². The van der Waals surface area contributed by atoms with Crippen molar-refractivity contribution in [3.05, 3.63) is 41.2 Å². The smallest absolute Gasteiger partial charge is 0.319 e. The molecule has 2 aromatic rings. The highest BCUT2D eigenvalue weighted by molar-refractivity contribution is 7.13. The summed E-state index contributed by atoms with van der Waals surface area (Å²) in [5, 5.41) is 2.41. The molecule has 6 nitrogen and oxygen atoms in total. The van der Waals surface area contributed by atoms with Crippen molar-refractivity contribution in [1.82, 2.24) is 19.7 Å². The van der Waals surface area contributed by atoms with Gasteiger partial charge < -0.3 is 14.7 Å². The van der Waals surface area contributed by atoms with E-state index in [0.717, 1.165) is 5.56 Å². The van der Waals surface area contributed by atoms with Crippen LogP contribution in [0.2, 0.25) is 0 Å². The first-order chi connectivity index (χ1) is 12.0. The molecule has 2 heterocycles. The third kappa shape index (κ3) is 3.79. The molecule has 25 heavy (non-hydrogen) atoms. The number of amides is 3. The SMILES string of the molecule is CN(C)C(=O)N1CCN(C(=O)c2csc(-c3ccc(F)cc3)n2)CC1. The van der Waals surface area contributed by atoms with E-state index in [0.29, 0.717) is 36.9 Å². The van der Waals surface area contributed by atoms with E-state index in [9.17, 15) is 14.0 Å². The summed E-state index contributed by atoms with van der Waals surface area (Å²) in [6.07, 6.45) is 0. The zero-order valence-corrected chi connectivity index (χ0v) is 14.9. The molecule has 1 aliphatic rings. The maximum atomic E-state index is 13.0. The molecule has 0 saturated carbocycles. The van der Waals surface area contributed by atoms with E-state index in [1.165, 1.54) is 28.4 Å². The third-order valence-corrected chi connectivity index (χ3v) is 4.93. The van der Waals surface area contributed by atoms with Crippen LogP contribution in [-0.2, 0) is 0 Å². The lowest BCUT2D eigenvalue weighted by atomic mass is 10.2.